The molecule has 1 N–H and O–H groups in total. The maximum Gasteiger partial charge on any atom is 0.0951 e. The van der Waals surface area contributed by atoms with Gasteiger partial charge in [0, 0.05) is 24.9 Å². The van der Waals surface area contributed by atoms with Crippen molar-refractivity contribution < 1.29 is 4.74 Å². The van der Waals surface area contributed by atoms with Crippen LogP contribution in [0.15, 0.2) is 12.5 Å². The van der Waals surface area contributed by atoms with Crippen LogP contribution < -0.4 is 5.32 Å². The highest BCUT2D eigenvalue weighted by atomic mass is 16.5. The first-order chi connectivity index (χ1) is 8.66. The first kappa shape index (κ1) is 12.2. The minimum atomic E-state index is -0.00639. The summed E-state index contributed by atoms with van der Waals surface area (Å²) >= 11 is 0. The molecule has 2 fully saturated rings. The van der Waals surface area contributed by atoms with Gasteiger partial charge in [0.25, 0.3) is 0 Å². The van der Waals surface area contributed by atoms with E-state index in [0.29, 0.717) is 12.1 Å². The zero-order chi connectivity index (χ0) is 12.6. The van der Waals surface area contributed by atoms with E-state index in [4.69, 9.17) is 4.74 Å². The third-order valence-corrected chi connectivity index (χ3v) is 4.18. The fraction of sp³-hybridized carbons (Fsp3) is 0.786. The van der Waals surface area contributed by atoms with E-state index in [0.717, 1.165) is 26.0 Å². The predicted octanol–water partition coefficient (Wildman–Crippen LogP) is 2.44. The second-order valence-electron chi connectivity index (χ2n) is 6.13. The van der Waals surface area contributed by atoms with Crippen LogP contribution in [0, 0.1) is 0 Å². The van der Waals surface area contributed by atoms with Crippen LogP contribution in [-0.2, 0) is 4.74 Å². The summed E-state index contributed by atoms with van der Waals surface area (Å²) in [5, 5.41) is 3.57. The van der Waals surface area contributed by atoms with E-state index in [2.05, 4.69) is 28.7 Å². The summed E-state index contributed by atoms with van der Waals surface area (Å²) in [5.41, 5.74) is 1.35. The van der Waals surface area contributed by atoms with Crippen LogP contribution in [0.3, 0.4) is 0 Å². The Labute approximate surface area is 109 Å². The molecule has 4 nitrogen and oxygen atoms in total. The van der Waals surface area contributed by atoms with Crippen LogP contribution >= 0.6 is 0 Å². The highest BCUT2D eigenvalue weighted by molar-refractivity contribution is 5.09. The molecular weight excluding hydrogens is 226 g/mol. The third kappa shape index (κ3) is 2.31. The molecule has 2 atom stereocenters. The normalized spacial score (nSPS) is 31.7. The van der Waals surface area contributed by atoms with Gasteiger partial charge < -0.3 is 14.6 Å². The highest BCUT2D eigenvalue weighted by Gasteiger charge is 2.31. The van der Waals surface area contributed by atoms with Crippen molar-refractivity contribution in [3.8, 4) is 0 Å². The molecular formula is C14H23N3O. The molecule has 0 bridgehead atoms. The van der Waals surface area contributed by atoms with Gasteiger partial charge in [-0.15, -0.1) is 0 Å². The van der Waals surface area contributed by atoms with Gasteiger partial charge in [-0.25, -0.2) is 4.98 Å². The predicted molar refractivity (Wildman–Crippen MR) is 70.5 cm³/mol. The lowest BCUT2D eigenvalue weighted by Gasteiger charge is -2.37. The minimum Gasteiger partial charge on any atom is -0.375 e. The smallest absolute Gasteiger partial charge is 0.0951 e. The fourth-order valence-corrected chi connectivity index (χ4v) is 3.26. The summed E-state index contributed by atoms with van der Waals surface area (Å²) in [6.07, 6.45) is 8.71. The summed E-state index contributed by atoms with van der Waals surface area (Å²) in [6, 6.07) is 1.03. The topological polar surface area (TPSA) is 39.1 Å². The second kappa shape index (κ2) is 4.67. The van der Waals surface area contributed by atoms with Gasteiger partial charge in [-0.3, -0.25) is 0 Å². The van der Waals surface area contributed by atoms with Crippen molar-refractivity contribution in [1.82, 2.24) is 14.9 Å². The van der Waals surface area contributed by atoms with Crippen molar-refractivity contribution in [2.45, 2.75) is 57.2 Å². The Hall–Kier alpha value is -0.870. The average molecular weight is 249 g/mol. The van der Waals surface area contributed by atoms with E-state index in [1.165, 1.54) is 18.5 Å². The third-order valence-electron chi connectivity index (χ3n) is 4.18. The van der Waals surface area contributed by atoms with Crippen LogP contribution in [0.25, 0.3) is 0 Å². The molecule has 3 rings (SSSR count). The first-order valence-corrected chi connectivity index (χ1v) is 7.05. The van der Waals surface area contributed by atoms with E-state index in [9.17, 15) is 0 Å². The Morgan fingerprint density at radius 1 is 1.44 bits per heavy atom. The summed E-state index contributed by atoms with van der Waals surface area (Å²) in [5.74, 6) is 0. The van der Waals surface area contributed by atoms with Crippen LogP contribution in [0.2, 0.25) is 0 Å². The molecule has 2 aliphatic heterocycles. The summed E-state index contributed by atoms with van der Waals surface area (Å²) in [6.45, 7) is 6.36. The molecule has 0 aliphatic carbocycles. The Morgan fingerprint density at radius 3 is 3.06 bits per heavy atom. The summed E-state index contributed by atoms with van der Waals surface area (Å²) < 4.78 is 8.19. The molecule has 3 heterocycles. The van der Waals surface area contributed by atoms with Crippen molar-refractivity contribution in [3.05, 3.63) is 18.2 Å². The lowest BCUT2D eigenvalue weighted by atomic mass is 9.93. The number of nitrogens with zero attached hydrogens (tertiary/aromatic N) is 2. The van der Waals surface area contributed by atoms with Gasteiger partial charge in [-0.1, -0.05) is 0 Å². The van der Waals surface area contributed by atoms with Crippen molar-refractivity contribution in [1.29, 1.82) is 0 Å². The van der Waals surface area contributed by atoms with Crippen LogP contribution in [-0.4, -0.2) is 28.3 Å². The lowest BCUT2D eigenvalue weighted by molar-refractivity contribution is -0.0695. The molecule has 2 saturated heterocycles. The Balaban J connectivity index is 1.81. The summed E-state index contributed by atoms with van der Waals surface area (Å²) in [7, 11) is 0. The van der Waals surface area contributed by atoms with Gasteiger partial charge >= 0.3 is 0 Å². The number of imidazole rings is 1. The number of rotatable bonds is 2. The van der Waals surface area contributed by atoms with Gasteiger partial charge in [-0.2, -0.15) is 0 Å². The van der Waals surface area contributed by atoms with Crippen molar-refractivity contribution >= 4 is 0 Å². The van der Waals surface area contributed by atoms with Gasteiger partial charge in [0.05, 0.1) is 17.6 Å². The van der Waals surface area contributed by atoms with Crippen LogP contribution in [0.5, 0.6) is 0 Å². The van der Waals surface area contributed by atoms with E-state index in [1.54, 1.807) is 0 Å². The van der Waals surface area contributed by atoms with Crippen molar-refractivity contribution in [2.75, 3.05) is 13.2 Å². The molecule has 4 heteroatoms. The molecule has 2 aliphatic rings. The molecule has 0 aromatic carbocycles. The SMILES string of the molecule is CC1(C)CC(n2cncc2[C@@H]2CCCN2)CCO1. The van der Waals surface area contributed by atoms with E-state index in [-0.39, 0.29) is 5.60 Å². The Morgan fingerprint density at radius 2 is 2.33 bits per heavy atom. The molecule has 1 aromatic heterocycles. The molecule has 100 valence electrons. The molecule has 0 spiro atoms. The van der Waals surface area contributed by atoms with E-state index >= 15 is 0 Å². The van der Waals surface area contributed by atoms with Crippen LogP contribution in [0.4, 0.5) is 0 Å². The fourth-order valence-electron chi connectivity index (χ4n) is 3.26. The number of nitrogens with one attached hydrogen (secondary N) is 1. The minimum absolute atomic E-state index is 0.00639. The number of hydrogen-bond acceptors (Lipinski definition) is 3. The molecule has 1 aromatic rings. The molecule has 0 saturated carbocycles. The molecule has 0 amide bonds. The summed E-state index contributed by atoms with van der Waals surface area (Å²) in [4.78, 5) is 4.37. The van der Waals surface area contributed by atoms with E-state index in [1.807, 2.05) is 12.5 Å². The largest absolute Gasteiger partial charge is 0.375 e. The van der Waals surface area contributed by atoms with Crippen LogP contribution in [0.1, 0.15) is 57.3 Å². The van der Waals surface area contributed by atoms with Crippen molar-refractivity contribution in [3.63, 3.8) is 0 Å². The van der Waals surface area contributed by atoms with Gasteiger partial charge in [0.2, 0.25) is 0 Å². The van der Waals surface area contributed by atoms with Gasteiger partial charge in [-0.05, 0) is 46.1 Å². The standard InChI is InChI=1S/C14H23N3O/c1-14(2)8-11(5-7-18-14)17-10-15-9-13(17)12-4-3-6-16-12/h9-12,16H,3-8H2,1-2H3/t11?,12-/m0/s1. The molecule has 1 unspecified atom stereocenters. The number of hydrogen-bond donors (Lipinski definition) is 1. The van der Waals surface area contributed by atoms with Crippen molar-refractivity contribution in [2.24, 2.45) is 0 Å². The molecule has 18 heavy (non-hydrogen) atoms. The average Bonchev–Trinajstić information content (AvgIpc) is 2.98. The Kier molecular flexibility index (Phi) is 3.16. The quantitative estimate of drug-likeness (QED) is 0.875. The van der Waals surface area contributed by atoms with Gasteiger partial charge in [0.1, 0.15) is 0 Å². The molecule has 0 radical (unpaired) electrons. The highest BCUT2D eigenvalue weighted by Crippen LogP contribution is 2.34. The lowest BCUT2D eigenvalue weighted by Crippen LogP contribution is -2.35. The van der Waals surface area contributed by atoms with Gasteiger partial charge in [0.15, 0.2) is 0 Å². The maximum absolute atomic E-state index is 5.81. The number of ether oxygens (including phenoxy) is 1. The Bertz CT molecular complexity index is 407. The monoisotopic (exact) mass is 249 g/mol. The first-order valence-electron chi connectivity index (χ1n) is 7.05. The second-order valence-corrected chi connectivity index (χ2v) is 6.13. The zero-order valence-electron chi connectivity index (χ0n) is 11.4. The van der Waals surface area contributed by atoms with E-state index < -0.39 is 0 Å². The maximum atomic E-state index is 5.81. The zero-order valence-corrected chi connectivity index (χ0v) is 11.4. The number of aromatic nitrogens is 2.